The number of oxazole rings is 1. The standard InChI is InChI=1S/C34H31N3O6/c1-36(34-35-28-9-4-5-10-30(28)43-34)17-18-42-26-15-16-29-27(20-26)31(23-11-13-24(40-2)14-12-23)32(33(38)39)37(29)21-22-7-6-8-25(19-22)41-3/h4-16,19-20H,17-18,21H2,1-3H3,(H,38,39). The number of para-hydroxylation sites is 2. The van der Waals surface area contributed by atoms with E-state index in [1.165, 1.54) is 0 Å². The molecule has 0 spiro atoms. The van der Waals surface area contributed by atoms with Crippen LogP contribution in [0.25, 0.3) is 33.1 Å². The highest BCUT2D eigenvalue weighted by Crippen LogP contribution is 2.38. The minimum absolute atomic E-state index is 0.191. The number of aromatic carboxylic acids is 1. The predicted octanol–water partition coefficient (Wildman–Crippen LogP) is 6.73. The Morgan fingerprint density at radius 1 is 0.907 bits per heavy atom. The van der Waals surface area contributed by atoms with Gasteiger partial charge in [0, 0.05) is 30.1 Å². The maximum Gasteiger partial charge on any atom is 0.353 e. The fourth-order valence-corrected chi connectivity index (χ4v) is 5.23. The molecule has 0 aliphatic rings. The highest BCUT2D eigenvalue weighted by molar-refractivity contribution is 6.08. The Balaban J connectivity index is 1.35. The van der Waals surface area contributed by atoms with Gasteiger partial charge in [0.1, 0.15) is 35.1 Å². The number of ether oxygens (including phenoxy) is 3. The van der Waals surface area contributed by atoms with Crippen molar-refractivity contribution >= 4 is 34.0 Å². The number of aromatic nitrogens is 2. The van der Waals surface area contributed by atoms with Gasteiger partial charge in [0.05, 0.1) is 20.8 Å². The number of carboxylic acid groups (broad SMARTS) is 1. The summed E-state index contributed by atoms with van der Waals surface area (Å²) in [6.07, 6.45) is 0. The molecule has 0 unspecified atom stereocenters. The fraction of sp³-hybridized carbons (Fsp3) is 0.176. The molecule has 9 heteroatoms. The summed E-state index contributed by atoms with van der Waals surface area (Å²) in [5, 5.41) is 11.3. The number of methoxy groups -OCH3 is 2. The third-order valence-electron chi connectivity index (χ3n) is 7.40. The van der Waals surface area contributed by atoms with Crippen LogP contribution in [0.1, 0.15) is 16.1 Å². The third kappa shape index (κ3) is 5.57. The van der Waals surface area contributed by atoms with E-state index in [1.807, 2.05) is 108 Å². The predicted molar refractivity (Wildman–Crippen MR) is 166 cm³/mol. The van der Waals surface area contributed by atoms with Gasteiger partial charge in [-0.3, -0.25) is 0 Å². The molecule has 0 fully saturated rings. The number of hydrogen-bond acceptors (Lipinski definition) is 7. The summed E-state index contributed by atoms with van der Waals surface area (Å²) in [4.78, 5) is 19.3. The van der Waals surface area contributed by atoms with Crippen molar-refractivity contribution in [2.24, 2.45) is 0 Å². The first-order chi connectivity index (χ1) is 20.9. The van der Waals surface area contributed by atoms with Gasteiger partial charge in [-0.05, 0) is 65.7 Å². The van der Waals surface area contributed by atoms with E-state index in [4.69, 9.17) is 18.6 Å². The lowest BCUT2D eigenvalue weighted by Crippen LogP contribution is -2.23. The zero-order valence-corrected chi connectivity index (χ0v) is 24.1. The number of fused-ring (bicyclic) bond motifs is 2. The number of benzene rings is 4. The van der Waals surface area contributed by atoms with Crippen LogP contribution in [0.5, 0.6) is 17.2 Å². The number of rotatable bonds is 11. The van der Waals surface area contributed by atoms with Crippen molar-refractivity contribution in [2.75, 3.05) is 39.3 Å². The van der Waals surface area contributed by atoms with Crippen LogP contribution in [0.4, 0.5) is 6.01 Å². The smallest absolute Gasteiger partial charge is 0.353 e. The largest absolute Gasteiger partial charge is 0.497 e. The van der Waals surface area contributed by atoms with Gasteiger partial charge >= 0.3 is 5.97 Å². The quantitative estimate of drug-likeness (QED) is 0.181. The van der Waals surface area contributed by atoms with Gasteiger partial charge in [-0.1, -0.05) is 36.4 Å². The Labute approximate surface area is 248 Å². The summed E-state index contributed by atoms with van der Waals surface area (Å²) < 4.78 is 24.6. The summed E-state index contributed by atoms with van der Waals surface area (Å²) in [6.45, 7) is 1.25. The number of carboxylic acids is 1. The Bertz CT molecular complexity index is 1870. The monoisotopic (exact) mass is 577 g/mol. The average molecular weight is 578 g/mol. The van der Waals surface area contributed by atoms with Gasteiger partial charge in [-0.25, -0.2) is 4.79 Å². The second-order valence-corrected chi connectivity index (χ2v) is 10.1. The molecule has 0 bridgehead atoms. The summed E-state index contributed by atoms with van der Waals surface area (Å²) >= 11 is 0. The number of likely N-dealkylation sites (N-methyl/N-ethyl adjacent to an activating group) is 1. The molecular formula is C34H31N3O6. The third-order valence-corrected chi connectivity index (χ3v) is 7.40. The molecule has 0 atom stereocenters. The van der Waals surface area contributed by atoms with Crippen LogP contribution in [0, 0.1) is 0 Å². The van der Waals surface area contributed by atoms with E-state index in [9.17, 15) is 9.90 Å². The molecule has 2 heterocycles. The lowest BCUT2D eigenvalue weighted by Gasteiger charge is -2.15. The Morgan fingerprint density at radius 2 is 1.67 bits per heavy atom. The summed E-state index contributed by atoms with van der Waals surface area (Å²) in [5.74, 6) is 1.00. The van der Waals surface area contributed by atoms with Crippen molar-refractivity contribution in [3.8, 4) is 28.4 Å². The minimum Gasteiger partial charge on any atom is -0.497 e. The maximum absolute atomic E-state index is 12.8. The second kappa shape index (κ2) is 11.8. The number of anilines is 1. The fourth-order valence-electron chi connectivity index (χ4n) is 5.23. The lowest BCUT2D eigenvalue weighted by molar-refractivity contribution is 0.0687. The number of carbonyl (C=O) groups is 1. The van der Waals surface area contributed by atoms with Crippen LogP contribution in [-0.2, 0) is 6.54 Å². The summed E-state index contributed by atoms with van der Waals surface area (Å²) in [6, 6.07) is 28.9. The molecule has 4 aromatic carbocycles. The Kier molecular flexibility index (Phi) is 7.61. The van der Waals surface area contributed by atoms with Crippen molar-refractivity contribution in [3.05, 3.63) is 102 Å². The molecule has 1 N–H and O–H groups in total. The van der Waals surface area contributed by atoms with E-state index in [1.54, 1.807) is 14.2 Å². The second-order valence-electron chi connectivity index (χ2n) is 10.1. The zero-order chi connectivity index (χ0) is 29.9. The molecular weight excluding hydrogens is 546 g/mol. The summed E-state index contributed by atoms with van der Waals surface area (Å²) in [7, 11) is 5.11. The minimum atomic E-state index is -1.02. The lowest BCUT2D eigenvalue weighted by atomic mass is 10.0. The van der Waals surface area contributed by atoms with Gasteiger partial charge < -0.3 is 33.2 Å². The topological polar surface area (TPSA) is 99.2 Å². The van der Waals surface area contributed by atoms with E-state index >= 15 is 0 Å². The molecule has 6 aromatic rings. The van der Waals surface area contributed by atoms with E-state index in [0.717, 1.165) is 33.1 Å². The summed E-state index contributed by atoms with van der Waals surface area (Å²) in [5.41, 5.74) is 4.80. The van der Waals surface area contributed by atoms with E-state index in [2.05, 4.69) is 4.98 Å². The van der Waals surface area contributed by atoms with Crippen molar-refractivity contribution in [1.29, 1.82) is 0 Å². The van der Waals surface area contributed by atoms with Crippen LogP contribution < -0.4 is 19.1 Å². The van der Waals surface area contributed by atoms with Gasteiger partial charge in [-0.15, -0.1) is 0 Å². The molecule has 218 valence electrons. The van der Waals surface area contributed by atoms with Gasteiger partial charge in [0.2, 0.25) is 0 Å². The molecule has 2 aromatic heterocycles. The van der Waals surface area contributed by atoms with Crippen LogP contribution >= 0.6 is 0 Å². The molecule has 0 saturated heterocycles. The molecule has 9 nitrogen and oxygen atoms in total. The molecule has 0 saturated carbocycles. The maximum atomic E-state index is 12.8. The highest BCUT2D eigenvalue weighted by Gasteiger charge is 2.24. The molecule has 0 aliphatic carbocycles. The SMILES string of the molecule is COc1ccc(-c2c(C(=O)O)n(Cc3cccc(OC)c3)c3ccc(OCCN(C)c4nc5ccccc5o4)cc23)cc1. The van der Waals surface area contributed by atoms with Crippen molar-refractivity contribution < 1.29 is 28.5 Å². The van der Waals surface area contributed by atoms with Gasteiger partial charge in [-0.2, -0.15) is 4.98 Å². The van der Waals surface area contributed by atoms with Crippen molar-refractivity contribution in [3.63, 3.8) is 0 Å². The van der Waals surface area contributed by atoms with Crippen LogP contribution in [0.15, 0.2) is 95.4 Å². The van der Waals surface area contributed by atoms with Crippen molar-refractivity contribution in [1.82, 2.24) is 9.55 Å². The molecule has 0 radical (unpaired) electrons. The van der Waals surface area contributed by atoms with Crippen LogP contribution in [0.3, 0.4) is 0 Å². The van der Waals surface area contributed by atoms with Crippen molar-refractivity contribution in [2.45, 2.75) is 6.54 Å². The molecule has 0 aliphatic heterocycles. The molecule has 6 rings (SSSR count). The van der Waals surface area contributed by atoms with Gasteiger partial charge in [0.25, 0.3) is 6.01 Å². The zero-order valence-electron chi connectivity index (χ0n) is 24.1. The highest BCUT2D eigenvalue weighted by atomic mass is 16.5. The van der Waals surface area contributed by atoms with Crippen LogP contribution in [-0.4, -0.2) is 55.0 Å². The first-order valence-electron chi connectivity index (χ1n) is 13.8. The van der Waals surface area contributed by atoms with Gasteiger partial charge in [0.15, 0.2) is 5.58 Å². The normalized spacial score (nSPS) is 11.1. The first-order valence-corrected chi connectivity index (χ1v) is 13.8. The molecule has 43 heavy (non-hydrogen) atoms. The first kappa shape index (κ1) is 27.7. The Morgan fingerprint density at radius 3 is 2.42 bits per heavy atom. The van der Waals surface area contributed by atoms with E-state index in [-0.39, 0.29) is 5.69 Å². The van der Waals surface area contributed by atoms with Crippen LogP contribution in [0.2, 0.25) is 0 Å². The molecule has 0 amide bonds. The number of nitrogens with zero attached hydrogens (tertiary/aromatic N) is 3. The average Bonchev–Trinajstić information content (AvgIpc) is 3.61. The van der Waals surface area contributed by atoms with E-state index in [0.29, 0.717) is 48.5 Å². The van der Waals surface area contributed by atoms with E-state index < -0.39 is 5.97 Å². The Hall–Kier alpha value is -5.44. The number of hydrogen-bond donors (Lipinski definition) is 1.